The quantitative estimate of drug-likeness (QED) is 0.582. The summed E-state index contributed by atoms with van der Waals surface area (Å²) in [5.74, 6) is -1.20. The number of nitrogens with one attached hydrogen (secondary N) is 2. The molecule has 0 aliphatic carbocycles. The smallest absolute Gasteiger partial charge is 0.251 e. The van der Waals surface area contributed by atoms with Gasteiger partial charge in [0.25, 0.3) is 5.91 Å². The lowest BCUT2D eigenvalue weighted by Crippen LogP contribution is -2.48. The first kappa shape index (κ1) is 23.5. The van der Waals surface area contributed by atoms with Gasteiger partial charge in [0.05, 0.1) is 16.1 Å². The van der Waals surface area contributed by atoms with E-state index >= 15 is 0 Å². The van der Waals surface area contributed by atoms with Crippen LogP contribution < -0.4 is 10.6 Å². The van der Waals surface area contributed by atoms with Gasteiger partial charge in [-0.15, -0.1) is 0 Å². The number of phenolic OH excluding ortho intramolecular Hbond substituents is 1. The number of halogens is 2. The molecule has 0 fully saturated rings. The molecule has 0 radical (unpaired) electrons. The fraction of sp³-hybridized carbons (Fsp3) is 0.318. The molecule has 3 N–H and O–H groups in total. The van der Waals surface area contributed by atoms with Crippen molar-refractivity contribution < 1.29 is 14.7 Å². The second kappa shape index (κ2) is 9.84. The molecule has 0 saturated carbocycles. The SMILES string of the molecule is CC(C)(C)c1ccc(C(=O)N[C@@H](Cc2cc(Cl)c(O)c(Cl)c2)C(=O)NCC#N)cc1. The van der Waals surface area contributed by atoms with E-state index < -0.39 is 17.9 Å². The second-order valence-corrected chi connectivity index (χ2v) is 8.66. The van der Waals surface area contributed by atoms with Gasteiger partial charge in [-0.3, -0.25) is 9.59 Å². The van der Waals surface area contributed by atoms with Gasteiger partial charge in [0, 0.05) is 12.0 Å². The highest BCUT2D eigenvalue weighted by atomic mass is 35.5. The van der Waals surface area contributed by atoms with E-state index in [4.69, 9.17) is 28.5 Å². The lowest BCUT2D eigenvalue weighted by Gasteiger charge is -2.20. The molecule has 0 unspecified atom stereocenters. The minimum atomic E-state index is -0.968. The first-order valence-corrected chi connectivity index (χ1v) is 10.0. The predicted molar refractivity (Wildman–Crippen MR) is 117 cm³/mol. The van der Waals surface area contributed by atoms with Gasteiger partial charge >= 0.3 is 0 Å². The van der Waals surface area contributed by atoms with E-state index in [1.54, 1.807) is 12.1 Å². The van der Waals surface area contributed by atoms with Crippen LogP contribution in [0.2, 0.25) is 10.0 Å². The van der Waals surface area contributed by atoms with E-state index in [0.29, 0.717) is 11.1 Å². The van der Waals surface area contributed by atoms with Crippen molar-refractivity contribution in [1.29, 1.82) is 5.26 Å². The average molecular weight is 448 g/mol. The Labute approximate surface area is 185 Å². The topological polar surface area (TPSA) is 102 Å². The highest BCUT2D eigenvalue weighted by Gasteiger charge is 2.23. The monoisotopic (exact) mass is 447 g/mol. The van der Waals surface area contributed by atoms with E-state index in [2.05, 4.69) is 31.4 Å². The van der Waals surface area contributed by atoms with Crippen LogP contribution in [-0.4, -0.2) is 29.5 Å². The summed E-state index contributed by atoms with van der Waals surface area (Å²) in [6.07, 6.45) is 0.0722. The first-order chi connectivity index (χ1) is 14.0. The van der Waals surface area contributed by atoms with E-state index in [0.717, 1.165) is 5.56 Å². The number of carbonyl (C=O) groups excluding carboxylic acids is 2. The number of rotatable bonds is 6. The zero-order chi connectivity index (χ0) is 22.5. The van der Waals surface area contributed by atoms with Gasteiger partial charge in [-0.1, -0.05) is 56.1 Å². The first-order valence-electron chi connectivity index (χ1n) is 9.26. The number of hydrogen-bond donors (Lipinski definition) is 3. The van der Waals surface area contributed by atoms with Crippen LogP contribution in [-0.2, 0) is 16.6 Å². The summed E-state index contributed by atoms with van der Waals surface area (Å²) < 4.78 is 0. The Hall–Kier alpha value is -2.75. The third-order valence-corrected chi connectivity index (χ3v) is 5.07. The summed E-state index contributed by atoms with van der Waals surface area (Å²) in [5.41, 5.74) is 1.98. The minimum Gasteiger partial charge on any atom is -0.505 e. The third-order valence-electron chi connectivity index (χ3n) is 4.49. The van der Waals surface area contributed by atoms with Crippen LogP contribution in [0.4, 0.5) is 0 Å². The van der Waals surface area contributed by atoms with Crippen LogP contribution in [0.3, 0.4) is 0 Å². The van der Waals surface area contributed by atoms with Crippen LogP contribution in [0.1, 0.15) is 42.3 Å². The Balaban J connectivity index is 2.24. The molecule has 0 aliphatic rings. The standard InChI is InChI=1S/C22H23Cl2N3O3/c1-22(2,3)15-6-4-14(5-7-15)20(29)27-18(21(30)26-9-8-25)12-13-10-16(23)19(28)17(24)11-13/h4-7,10-11,18,28H,9,12H2,1-3H3,(H,26,30)(H,27,29)/t18-/m0/s1. The molecule has 30 heavy (non-hydrogen) atoms. The molecule has 0 bridgehead atoms. The Bertz CT molecular complexity index is 954. The van der Waals surface area contributed by atoms with Gasteiger partial charge in [0.15, 0.2) is 5.75 Å². The summed E-state index contributed by atoms with van der Waals surface area (Å²) in [4.78, 5) is 25.2. The zero-order valence-corrected chi connectivity index (χ0v) is 18.4. The Morgan fingerprint density at radius 1 is 1.13 bits per heavy atom. The molecular weight excluding hydrogens is 425 g/mol. The maximum atomic E-state index is 12.7. The van der Waals surface area contributed by atoms with Crippen molar-refractivity contribution in [3.8, 4) is 11.8 Å². The normalized spacial score (nSPS) is 12.0. The molecule has 2 aromatic rings. The summed E-state index contributed by atoms with van der Waals surface area (Å²) in [7, 11) is 0. The van der Waals surface area contributed by atoms with Crippen LogP contribution in [0.15, 0.2) is 36.4 Å². The summed E-state index contributed by atoms with van der Waals surface area (Å²) in [6, 6.07) is 11.0. The lowest BCUT2D eigenvalue weighted by molar-refractivity contribution is -0.122. The van der Waals surface area contributed by atoms with Crippen LogP contribution >= 0.6 is 23.2 Å². The second-order valence-electron chi connectivity index (χ2n) is 7.84. The third kappa shape index (κ3) is 6.12. The molecule has 1 atom stereocenters. The minimum absolute atomic E-state index is 0.0396. The van der Waals surface area contributed by atoms with E-state index in [-0.39, 0.29) is 34.2 Å². The van der Waals surface area contributed by atoms with Gasteiger partial charge in [0.1, 0.15) is 12.6 Å². The van der Waals surface area contributed by atoms with Gasteiger partial charge in [-0.2, -0.15) is 5.26 Å². The fourth-order valence-electron chi connectivity index (χ4n) is 2.79. The summed E-state index contributed by atoms with van der Waals surface area (Å²) >= 11 is 11.9. The van der Waals surface area contributed by atoms with Crippen LogP contribution in [0.5, 0.6) is 5.75 Å². The lowest BCUT2D eigenvalue weighted by atomic mass is 9.86. The average Bonchev–Trinajstić information content (AvgIpc) is 2.69. The summed E-state index contributed by atoms with van der Waals surface area (Å²) in [5, 5.41) is 23.7. The highest BCUT2D eigenvalue weighted by molar-refractivity contribution is 6.37. The maximum absolute atomic E-state index is 12.7. The van der Waals surface area contributed by atoms with Crippen molar-refractivity contribution >= 4 is 35.0 Å². The number of benzene rings is 2. The van der Waals surface area contributed by atoms with Crippen molar-refractivity contribution in [2.24, 2.45) is 0 Å². The Morgan fingerprint density at radius 3 is 2.20 bits per heavy atom. The molecule has 2 amide bonds. The van der Waals surface area contributed by atoms with Crippen molar-refractivity contribution in [2.45, 2.75) is 38.6 Å². The highest BCUT2D eigenvalue weighted by Crippen LogP contribution is 2.33. The molecule has 0 saturated heterocycles. The maximum Gasteiger partial charge on any atom is 0.251 e. The zero-order valence-electron chi connectivity index (χ0n) is 16.9. The fourth-order valence-corrected chi connectivity index (χ4v) is 3.33. The summed E-state index contributed by atoms with van der Waals surface area (Å²) in [6.45, 7) is 6.03. The van der Waals surface area contributed by atoms with Gasteiger partial charge in [-0.25, -0.2) is 0 Å². The van der Waals surface area contributed by atoms with Crippen molar-refractivity contribution in [3.63, 3.8) is 0 Å². The number of aromatic hydroxyl groups is 1. The number of amides is 2. The van der Waals surface area contributed by atoms with Crippen LogP contribution in [0.25, 0.3) is 0 Å². The number of carbonyl (C=O) groups is 2. The van der Waals surface area contributed by atoms with E-state index in [1.165, 1.54) is 12.1 Å². The van der Waals surface area contributed by atoms with Crippen molar-refractivity contribution in [1.82, 2.24) is 10.6 Å². The molecule has 0 spiro atoms. The van der Waals surface area contributed by atoms with Gasteiger partial charge in [0.2, 0.25) is 5.91 Å². The van der Waals surface area contributed by atoms with Crippen molar-refractivity contribution in [3.05, 3.63) is 63.1 Å². The molecular formula is C22H23Cl2N3O3. The predicted octanol–water partition coefficient (Wildman–Crippen LogP) is 3.98. The molecule has 0 heterocycles. The van der Waals surface area contributed by atoms with E-state index in [9.17, 15) is 14.7 Å². The Morgan fingerprint density at radius 2 is 1.70 bits per heavy atom. The Kier molecular flexibility index (Phi) is 7.71. The number of phenols is 1. The van der Waals surface area contributed by atoms with Crippen molar-refractivity contribution in [2.75, 3.05) is 6.54 Å². The van der Waals surface area contributed by atoms with Crippen LogP contribution in [0, 0.1) is 11.3 Å². The van der Waals surface area contributed by atoms with E-state index in [1.807, 2.05) is 18.2 Å². The molecule has 0 aliphatic heterocycles. The molecule has 2 rings (SSSR count). The number of nitrogens with zero attached hydrogens (tertiary/aromatic N) is 1. The molecule has 6 nitrogen and oxygen atoms in total. The molecule has 0 aromatic heterocycles. The molecule has 8 heteroatoms. The largest absolute Gasteiger partial charge is 0.505 e. The van der Waals surface area contributed by atoms with Gasteiger partial charge < -0.3 is 15.7 Å². The number of nitriles is 1. The van der Waals surface area contributed by atoms with Gasteiger partial charge in [-0.05, 0) is 40.8 Å². The number of hydrogen-bond acceptors (Lipinski definition) is 4. The molecule has 158 valence electrons. The molecule has 2 aromatic carbocycles.